The summed E-state index contributed by atoms with van der Waals surface area (Å²) in [5, 5.41) is 3.11. The summed E-state index contributed by atoms with van der Waals surface area (Å²) in [5.41, 5.74) is 5.15. The average Bonchev–Trinajstić information content (AvgIpc) is 3.73. The highest BCUT2D eigenvalue weighted by molar-refractivity contribution is 6.12. The summed E-state index contributed by atoms with van der Waals surface area (Å²) in [7, 11) is 0. The maximum Gasteiger partial charge on any atom is 0.420 e. The summed E-state index contributed by atoms with van der Waals surface area (Å²) in [6.45, 7) is 0. The summed E-state index contributed by atoms with van der Waals surface area (Å²) in [6, 6.07) is 52.1. The quantitative estimate of drug-likeness (QED) is 0.156. The zero-order chi connectivity index (χ0) is 38.1. The molecule has 0 amide bonds. The largest absolute Gasteiger partial charge is 0.420 e. The Morgan fingerprint density at radius 3 is 1.20 bits per heavy atom. The second-order valence-corrected chi connectivity index (χ2v) is 13.9. The molecule has 10 aromatic rings. The van der Waals surface area contributed by atoms with Crippen LogP contribution in [0.5, 0.6) is 0 Å². The van der Waals surface area contributed by atoms with E-state index < -0.39 is 23.4 Å². The standard InChI is InChI=1S/C49H29F5N2/c50-40-24-21-32(25-41(40)51)35-28-46(55-42-17-9-7-15-36(42)38-22-19-33(26-44(38)55)30-11-3-1-4-12-30)48(49(52,53)54)47(29-35)56-43-18-10-8-16-37(43)39-23-20-34(27-45(39)56)31-13-5-2-6-14-31/h1-29H. The van der Waals surface area contributed by atoms with Gasteiger partial charge in [-0.3, -0.25) is 0 Å². The summed E-state index contributed by atoms with van der Waals surface area (Å²) < 4.78 is 81.5. The van der Waals surface area contributed by atoms with Gasteiger partial charge >= 0.3 is 6.18 Å². The third kappa shape index (κ3) is 5.38. The van der Waals surface area contributed by atoms with E-state index in [2.05, 4.69) is 0 Å². The summed E-state index contributed by atoms with van der Waals surface area (Å²) >= 11 is 0. The van der Waals surface area contributed by atoms with E-state index in [1.54, 1.807) is 21.3 Å². The fourth-order valence-corrected chi connectivity index (χ4v) is 8.18. The molecule has 0 aliphatic carbocycles. The van der Waals surface area contributed by atoms with E-state index >= 15 is 13.2 Å². The molecule has 0 fully saturated rings. The highest BCUT2D eigenvalue weighted by Crippen LogP contribution is 2.47. The lowest BCUT2D eigenvalue weighted by Gasteiger charge is -2.23. The Labute approximate surface area is 317 Å². The highest BCUT2D eigenvalue weighted by atomic mass is 19.4. The molecular formula is C49H29F5N2. The van der Waals surface area contributed by atoms with Crippen molar-refractivity contribution < 1.29 is 22.0 Å². The van der Waals surface area contributed by atoms with E-state index in [0.29, 0.717) is 22.1 Å². The lowest BCUT2D eigenvalue weighted by Crippen LogP contribution is -2.16. The number of aromatic nitrogens is 2. The first-order valence-corrected chi connectivity index (χ1v) is 18.1. The number of hydrogen-bond donors (Lipinski definition) is 0. The van der Waals surface area contributed by atoms with Crippen molar-refractivity contribution in [2.75, 3.05) is 0 Å². The van der Waals surface area contributed by atoms with E-state index in [1.165, 1.54) is 18.2 Å². The molecular weight excluding hydrogens is 712 g/mol. The van der Waals surface area contributed by atoms with Crippen molar-refractivity contribution in [2.45, 2.75) is 6.18 Å². The molecule has 0 saturated carbocycles. The minimum atomic E-state index is -4.87. The zero-order valence-electron chi connectivity index (χ0n) is 29.5. The number of benzene rings is 8. The molecule has 0 bridgehead atoms. The molecule has 0 N–H and O–H groups in total. The molecule has 8 aromatic carbocycles. The van der Waals surface area contributed by atoms with Crippen LogP contribution in [0.25, 0.3) is 88.4 Å². The molecule has 10 rings (SSSR count). The molecule has 2 aromatic heterocycles. The molecule has 2 heterocycles. The van der Waals surface area contributed by atoms with Gasteiger partial charge in [-0.25, -0.2) is 8.78 Å². The Bertz CT molecular complexity index is 2960. The van der Waals surface area contributed by atoms with Gasteiger partial charge < -0.3 is 9.13 Å². The molecule has 0 aliphatic heterocycles. The Kier molecular flexibility index (Phi) is 7.68. The fourth-order valence-electron chi connectivity index (χ4n) is 8.18. The van der Waals surface area contributed by atoms with Crippen molar-refractivity contribution in [3.8, 4) is 44.8 Å². The lowest BCUT2D eigenvalue weighted by molar-refractivity contribution is -0.137. The van der Waals surface area contributed by atoms with Crippen molar-refractivity contribution >= 4 is 43.6 Å². The van der Waals surface area contributed by atoms with Crippen LogP contribution in [-0.2, 0) is 6.18 Å². The van der Waals surface area contributed by atoms with Crippen molar-refractivity contribution in [1.82, 2.24) is 9.13 Å². The Morgan fingerprint density at radius 1 is 0.321 bits per heavy atom. The van der Waals surface area contributed by atoms with Crippen LogP contribution >= 0.6 is 0 Å². The monoisotopic (exact) mass is 740 g/mol. The highest BCUT2D eigenvalue weighted by Gasteiger charge is 2.39. The number of fused-ring (bicyclic) bond motifs is 6. The normalized spacial score (nSPS) is 12.0. The first-order valence-electron chi connectivity index (χ1n) is 18.1. The van der Waals surface area contributed by atoms with Gasteiger partial charge in [0.1, 0.15) is 5.56 Å². The minimum absolute atomic E-state index is 0.142. The van der Waals surface area contributed by atoms with Gasteiger partial charge in [-0.1, -0.05) is 127 Å². The Hall–Kier alpha value is -6.99. The van der Waals surface area contributed by atoms with Gasteiger partial charge in [0.05, 0.1) is 33.4 Å². The average molecular weight is 741 g/mol. The van der Waals surface area contributed by atoms with Gasteiger partial charge in [-0.15, -0.1) is 0 Å². The molecule has 270 valence electrons. The van der Waals surface area contributed by atoms with Gasteiger partial charge in [-0.05, 0) is 81.9 Å². The van der Waals surface area contributed by atoms with E-state index in [9.17, 15) is 8.78 Å². The molecule has 0 saturated heterocycles. The van der Waals surface area contributed by atoms with Gasteiger partial charge in [0.25, 0.3) is 0 Å². The Balaban J connectivity index is 1.38. The fraction of sp³-hybridized carbons (Fsp3) is 0.0204. The predicted molar refractivity (Wildman–Crippen MR) is 216 cm³/mol. The smallest absolute Gasteiger partial charge is 0.309 e. The first-order chi connectivity index (χ1) is 27.2. The van der Waals surface area contributed by atoms with Gasteiger partial charge in [0, 0.05) is 21.5 Å². The number of halogens is 5. The van der Waals surface area contributed by atoms with Crippen LogP contribution in [0, 0.1) is 11.6 Å². The Morgan fingerprint density at radius 2 is 0.732 bits per heavy atom. The number of alkyl halides is 3. The second-order valence-electron chi connectivity index (χ2n) is 13.9. The van der Waals surface area contributed by atoms with E-state index in [0.717, 1.165) is 55.9 Å². The van der Waals surface area contributed by atoms with Crippen LogP contribution in [0.2, 0.25) is 0 Å². The summed E-state index contributed by atoms with van der Waals surface area (Å²) in [6.07, 6.45) is -4.87. The van der Waals surface area contributed by atoms with Crippen molar-refractivity contribution in [1.29, 1.82) is 0 Å². The van der Waals surface area contributed by atoms with Gasteiger partial charge in [0.15, 0.2) is 11.6 Å². The summed E-state index contributed by atoms with van der Waals surface area (Å²) in [4.78, 5) is 0. The zero-order valence-corrected chi connectivity index (χ0v) is 29.5. The molecule has 0 aliphatic rings. The molecule has 0 radical (unpaired) electrons. The minimum Gasteiger partial charge on any atom is -0.309 e. The number of nitrogens with zero attached hydrogens (tertiary/aromatic N) is 2. The van der Waals surface area contributed by atoms with E-state index in [1.807, 2.05) is 133 Å². The van der Waals surface area contributed by atoms with Gasteiger partial charge in [0.2, 0.25) is 0 Å². The maximum atomic E-state index is 16.3. The summed E-state index contributed by atoms with van der Waals surface area (Å²) in [5.74, 6) is -2.15. The van der Waals surface area contributed by atoms with Crippen LogP contribution in [0.3, 0.4) is 0 Å². The van der Waals surface area contributed by atoms with E-state index in [-0.39, 0.29) is 22.5 Å². The van der Waals surface area contributed by atoms with Crippen LogP contribution in [-0.4, -0.2) is 9.13 Å². The molecule has 0 spiro atoms. The van der Waals surface area contributed by atoms with Crippen LogP contribution < -0.4 is 0 Å². The van der Waals surface area contributed by atoms with Crippen molar-refractivity contribution in [3.63, 3.8) is 0 Å². The molecule has 0 unspecified atom stereocenters. The third-order valence-corrected chi connectivity index (χ3v) is 10.7. The lowest BCUT2D eigenvalue weighted by atomic mass is 9.98. The molecule has 56 heavy (non-hydrogen) atoms. The predicted octanol–water partition coefficient (Wildman–Crippen LogP) is 14.2. The van der Waals surface area contributed by atoms with Crippen LogP contribution in [0.15, 0.2) is 176 Å². The van der Waals surface area contributed by atoms with Crippen LogP contribution in [0.4, 0.5) is 22.0 Å². The van der Waals surface area contributed by atoms with Crippen molar-refractivity contribution in [2.24, 2.45) is 0 Å². The maximum absolute atomic E-state index is 16.3. The number of hydrogen-bond acceptors (Lipinski definition) is 0. The van der Waals surface area contributed by atoms with Crippen LogP contribution in [0.1, 0.15) is 5.56 Å². The number of para-hydroxylation sites is 2. The third-order valence-electron chi connectivity index (χ3n) is 10.7. The van der Waals surface area contributed by atoms with Crippen molar-refractivity contribution in [3.05, 3.63) is 193 Å². The second kappa shape index (κ2) is 12.8. The SMILES string of the molecule is Fc1ccc(-c2cc(-n3c4ccccc4c4ccc(-c5ccccc5)cc43)c(C(F)(F)F)c(-n3c4ccccc4c4ccc(-c5ccccc5)cc43)c2)cc1F. The topological polar surface area (TPSA) is 9.86 Å². The first kappa shape index (κ1) is 33.6. The molecule has 7 heteroatoms. The number of rotatable bonds is 5. The van der Waals surface area contributed by atoms with Gasteiger partial charge in [-0.2, -0.15) is 13.2 Å². The van der Waals surface area contributed by atoms with E-state index in [4.69, 9.17) is 0 Å². The molecule has 0 atom stereocenters. The molecule has 2 nitrogen and oxygen atoms in total.